The van der Waals surface area contributed by atoms with Gasteiger partial charge in [-0.25, -0.2) is 14.4 Å². The first-order chi connectivity index (χ1) is 17.8. The fourth-order valence-corrected chi connectivity index (χ4v) is 5.55. The Morgan fingerprint density at radius 2 is 1.84 bits per heavy atom. The molecular weight excluding hydrogens is 503 g/mol. The van der Waals surface area contributed by atoms with Crippen LogP contribution in [0, 0.1) is 5.82 Å². The van der Waals surface area contributed by atoms with Gasteiger partial charge in [-0.2, -0.15) is 0 Å². The third-order valence-corrected chi connectivity index (χ3v) is 7.28. The first-order valence-electron chi connectivity index (χ1n) is 13.3. The molecule has 0 bridgehead atoms. The Morgan fingerprint density at radius 1 is 1.18 bits per heavy atom. The van der Waals surface area contributed by atoms with Crippen molar-refractivity contribution in [2.45, 2.75) is 96.8 Å². The van der Waals surface area contributed by atoms with Crippen LogP contribution in [0.2, 0.25) is 0 Å². The van der Waals surface area contributed by atoms with Crippen LogP contribution in [0.15, 0.2) is 30.3 Å². The minimum Gasteiger partial charge on any atom is -0.347 e. The maximum Gasteiger partial charge on any atom is 0.235 e. The Balaban J connectivity index is 1.64. The number of thiol groups is 1. The van der Waals surface area contributed by atoms with Crippen molar-refractivity contribution in [1.29, 1.82) is 0 Å². The molecule has 1 aromatic heterocycles. The van der Waals surface area contributed by atoms with Crippen LogP contribution in [0.4, 0.5) is 10.3 Å². The number of benzene rings is 1. The van der Waals surface area contributed by atoms with Gasteiger partial charge in [-0.3, -0.25) is 9.10 Å². The van der Waals surface area contributed by atoms with Gasteiger partial charge in [0.05, 0.1) is 30.0 Å². The number of halogens is 1. The molecule has 0 aliphatic carbocycles. The molecule has 2 saturated heterocycles. The molecule has 0 radical (unpaired) electrons. The van der Waals surface area contributed by atoms with Crippen molar-refractivity contribution in [3.63, 3.8) is 0 Å². The molecule has 1 amide bonds. The van der Waals surface area contributed by atoms with E-state index in [0.717, 1.165) is 23.2 Å². The summed E-state index contributed by atoms with van der Waals surface area (Å²) in [5.41, 5.74) is 3.16. The molecule has 9 heteroatoms. The van der Waals surface area contributed by atoms with E-state index in [9.17, 15) is 9.18 Å². The van der Waals surface area contributed by atoms with E-state index < -0.39 is 5.79 Å². The molecule has 4 rings (SSSR count). The third-order valence-electron chi connectivity index (χ3n) is 7.10. The number of anilines is 1. The molecule has 38 heavy (non-hydrogen) atoms. The highest BCUT2D eigenvalue weighted by Gasteiger charge is 2.40. The molecule has 2 unspecified atom stereocenters. The van der Waals surface area contributed by atoms with E-state index in [1.165, 1.54) is 12.1 Å². The summed E-state index contributed by atoms with van der Waals surface area (Å²) in [5, 5.41) is 0. The van der Waals surface area contributed by atoms with E-state index in [0.29, 0.717) is 24.5 Å². The minimum absolute atomic E-state index is 0.0989. The molecule has 1 aromatic carbocycles. The van der Waals surface area contributed by atoms with Gasteiger partial charge in [0.25, 0.3) is 0 Å². The lowest BCUT2D eigenvalue weighted by atomic mass is 9.93. The normalized spacial score (nSPS) is 25.1. The van der Waals surface area contributed by atoms with Crippen LogP contribution in [-0.2, 0) is 14.3 Å². The molecule has 0 spiro atoms. The van der Waals surface area contributed by atoms with Crippen molar-refractivity contribution >= 4 is 30.7 Å². The average Bonchev–Trinajstić information content (AvgIpc) is 2.81. The van der Waals surface area contributed by atoms with Gasteiger partial charge in [0, 0.05) is 36.7 Å². The van der Waals surface area contributed by atoms with Crippen molar-refractivity contribution in [2.75, 3.05) is 11.4 Å². The molecule has 2 fully saturated rings. The Labute approximate surface area is 231 Å². The Kier molecular flexibility index (Phi) is 8.49. The predicted molar refractivity (Wildman–Crippen MR) is 151 cm³/mol. The standard InChI is InChI=1S/C29H39FN4O3S/c1-17(2)26-24(27(32-28(31-26)33(7)38)20-8-10-21(30)11-9-20)13-12-22-15-23(37-29(5,6)36-22)16-25(35)34-18(3)14-19(34)4/h8-13,17-19,22-23,38H,14-16H2,1-7H3/b13-12+/t18?,19?,22-,23-/m1/s1. The number of carbonyl (C=O) groups excluding carboxylic acids is 1. The summed E-state index contributed by atoms with van der Waals surface area (Å²) in [4.78, 5) is 24.5. The molecule has 3 heterocycles. The molecule has 206 valence electrons. The van der Waals surface area contributed by atoms with E-state index in [1.54, 1.807) is 23.5 Å². The van der Waals surface area contributed by atoms with Gasteiger partial charge in [0.15, 0.2) is 5.79 Å². The number of ether oxygens (including phenoxy) is 2. The summed E-state index contributed by atoms with van der Waals surface area (Å²) in [6.45, 7) is 12.1. The van der Waals surface area contributed by atoms with E-state index in [1.807, 2.05) is 30.9 Å². The number of nitrogens with zero attached hydrogens (tertiary/aromatic N) is 4. The van der Waals surface area contributed by atoms with Gasteiger partial charge < -0.3 is 14.4 Å². The van der Waals surface area contributed by atoms with Crippen LogP contribution < -0.4 is 4.31 Å². The van der Waals surface area contributed by atoms with Crippen LogP contribution >= 0.6 is 12.8 Å². The second kappa shape index (κ2) is 11.3. The summed E-state index contributed by atoms with van der Waals surface area (Å²) < 4.78 is 27.6. The zero-order chi connectivity index (χ0) is 27.8. The fraction of sp³-hybridized carbons (Fsp3) is 0.552. The number of amides is 1. The lowest BCUT2D eigenvalue weighted by Gasteiger charge is -2.47. The topological polar surface area (TPSA) is 67.8 Å². The summed E-state index contributed by atoms with van der Waals surface area (Å²) in [6.07, 6.45) is 5.39. The van der Waals surface area contributed by atoms with Crippen molar-refractivity contribution < 1.29 is 18.7 Å². The maximum absolute atomic E-state index is 13.7. The van der Waals surface area contributed by atoms with Crippen LogP contribution in [0.3, 0.4) is 0 Å². The quantitative estimate of drug-likeness (QED) is 0.432. The Morgan fingerprint density at radius 3 is 2.42 bits per heavy atom. The van der Waals surface area contributed by atoms with E-state index in [-0.39, 0.29) is 41.9 Å². The summed E-state index contributed by atoms with van der Waals surface area (Å²) in [7, 11) is 1.77. The number of hydrogen-bond donors (Lipinski definition) is 1. The van der Waals surface area contributed by atoms with E-state index in [2.05, 4.69) is 40.5 Å². The molecule has 2 aromatic rings. The monoisotopic (exact) mass is 542 g/mol. The highest BCUT2D eigenvalue weighted by atomic mass is 32.1. The van der Waals surface area contributed by atoms with Crippen LogP contribution in [0.1, 0.15) is 78.0 Å². The molecule has 4 atom stereocenters. The third kappa shape index (κ3) is 6.38. The number of hydrogen-bond acceptors (Lipinski definition) is 7. The second-order valence-electron chi connectivity index (χ2n) is 11.2. The van der Waals surface area contributed by atoms with Crippen LogP contribution in [0.5, 0.6) is 0 Å². The average molecular weight is 543 g/mol. The lowest BCUT2D eigenvalue weighted by Crippen LogP contribution is -2.57. The van der Waals surface area contributed by atoms with Gasteiger partial charge >= 0.3 is 0 Å². The van der Waals surface area contributed by atoms with E-state index >= 15 is 0 Å². The largest absolute Gasteiger partial charge is 0.347 e. The van der Waals surface area contributed by atoms with Crippen molar-refractivity contribution in [1.82, 2.24) is 14.9 Å². The second-order valence-corrected chi connectivity index (χ2v) is 11.8. The van der Waals surface area contributed by atoms with Crippen LogP contribution in [-0.4, -0.2) is 57.9 Å². The lowest BCUT2D eigenvalue weighted by molar-refractivity contribution is -0.290. The smallest absolute Gasteiger partial charge is 0.235 e. The zero-order valence-corrected chi connectivity index (χ0v) is 24.2. The molecular formula is C29H39FN4O3S. The maximum atomic E-state index is 13.7. The molecule has 0 saturated carbocycles. The Bertz CT molecular complexity index is 1180. The van der Waals surface area contributed by atoms with Crippen molar-refractivity contribution in [3.05, 3.63) is 47.4 Å². The zero-order valence-electron chi connectivity index (χ0n) is 23.3. The van der Waals surface area contributed by atoms with E-state index in [4.69, 9.17) is 19.4 Å². The fourth-order valence-electron chi connectivity index (χ4n) is 5.46. The van der Waals surface area contributed by atoms with Gasteiger partial charge in [0.2, 0.25) is 11.9 Å². The predicted octanol–water partition coefficient (Wildman–Crippen LogP) is 6.01. The van der Waals surface area contributed by atoms with Gasteiger partial charge in [-0.15, -0.1) is 0 Å². The first kappa shape index (κ1) is 28.5. The minimum atomic E-state index is -0.833. The highest BCUT2D eigenvalue weighted by Crippen LogP contribution is 2.34. The van der Waals surface area contributed by atoms with Gasteiger partial charge in [-0.1, -0.05) is 38.8 Å². The molecule has 2 aliphatic rings. The number of carbonyl (C=O) groups is 1. The van der Waals surface area contributed by atoms with Gasteiger partial charge in [-0.05, 0) is 64.3 Å². The molecule has 0 N–H and O–H groups in total. The number of likely N-dealkylation sites (tertiary alicyclic amines) is 1. The number of aromatic nitrogens is 2. The first-order valence-corrected chi connectivity index (χ1v) is 13.7. The summed E-state index contributed by atoms with van der Waals surface area (Å²) in [5.74, 6) is -0.454. The molecule has 7 nitrogen and oxygen atoms in total. The highest BCUT2D eigenvalue weighted by molar-refractivity contribution is 7.81. The van der Waals surface area contributed by atoms with Crippen LogP contribution in [0.25, 0.3) is 17.3 Å². The summed E-state index contributed by atoms with van der Waals surface area (Å²) >= 11 is 4.41. The SMILES string of the molecule is CC(C)c1nc(N(C)S)nc(-c2ccc(F)cc2)c1/C=C/[C@@H]1C[C@H](CC(=O)N2C(C)CC2C)OC(C)(C)O1. The van der Waals surface area contributed by atoms with Crippen molar-refractivity contribution in [2.24, 2.45) is 0 Å². The molecule has 2 aliphatic heterocycles. The Hall–Kier alpha value is -2.49. The number of rotatable bonds is 7. The van der Waals surface area contributed by atoms with Crippen molar-refractivity contribution in [3.8, 4) is 11.3 Å². The van der Waals surface area contributed by atoms with Gasteiger partial charge in [0.1, 0.15) is 5.82 Å². The summed E-state index contributed by atoms with van der Waals surface area (Å²) in [6, 6.07) is 6.84.